The van der Waals surface area contributed by atoms with Crippen LogP contribution < -0.4 is 4.74 Å². The Morgan fingerprint density at radius 2 is 1.89 bits per heavy atom. The number of hydrogen-bond acceptors (Lipinski definition) is 4. The number of hydrogen-bond donors (Lipinski definition) is 0. The minimum atomic E-state index is -0.00240. The lowest BCUT2D eigenvalue weighted by Crippen LogP contribution is -2.28. The van der Waals surface area contributed by atoms with Gasteiger partial charge in [-0.05, 0) is 61.5 Å². The predicted octanol–water partition coefficient (Wildman–Crippen LogP) is 5.88. The summed E-state index contributed by atoms with van der Waals surface area (Å²) in [7, 11) is 0. The molecule has 0 aliphatic carbocycles. The molecule has 0 spiro atoms. The minimum absolute atomic E-state index is 0.00240. The second-order valence-corrected chi connectivity index (χ2v) is 7.86. The summed E-state index contributed by atoms with van der Waals surface area (Å²) in [4.78, 5) is 19.3. The highest BCUT2D eigenvalue weighted by molar-refractivity contribution is 8.18. The van der Waals surface area contributed by atoms with E-state index in [1.54, 1.807) is 17.0 Å². The zero-order valence-electron chi connectivity index (χ0n) is 15.6. The van der Waals surface area contributed by atoms with Crippen molar-refractivity contribution < 1.29 is 9.53 Å². The normalized spacial score (nSPS) is 17.0. The van der Waals surface area contributed by atoms with Crippen molar-refractivity contribution in [2.45, 2.75) is 20.5 Å². The highest BCUT2D eigenvalue weighted by atomic mass is 35.5. The Bertz CT molecular complexity index is 927. The molecule has 0 atom stereocenters. The van der Waals surface area contributed by atoms with Gasteiger partial charge in [0.25, 0.3) is 5.91 Å². The zero-order valence-corrected chi connectivity index (χ0v) is 17.9. The molecule has 1 aliphatic rings. The van der Waals surface area contributed by atoms with Crippen molar-refractivity contribution in [1.29, 1.82) is 0 Å². The standard InChI is InChI=1S/C21H20Cl2N2O2S/c1-3-24-21-25(4-2)20(26)19(28-21)11-14-5-9-17(10-6-14)27-13-15-7-8-16(22)12-18(15)23/h5-12H,3-4,13H2,1-2H3/b19-11-,24-21?. The van der Waals surface area contributed by atoms with Gasteiger partial charge in [-0.3, -0.25) is 14.7 Å². The summed E-state index contributed by atoms with van der Waals surface area (Å²) in [6.07, 6.45) is 1.88. The molecule has 1 amide bonds. The van der Waals surface area contributed by atoms with Crippen LogP contribution in [-0.2, 0) is 11.4 Å². The zero-order chi connectivity index (χ0) is 20.1. The molecular weight excluding hydrogens is 415 g/mol. The number of carbonyl (C=O) groups excluding carboxylic acids is 1. The summed E-state index contributed by atoms with van der Waals surface area (Å²) in [5.74, 6) is 0.722. The van der Waals surface area contributed by atoms with Gasteiger partial charge in [0.2, 0.25) is 0 Å². The molecule has 1 saturated heterocycles. The first-order valence-corrected chi connectivity index (χ1v) is 10.5. The van der Waals surface area contributed by atoms with Gasteiger partial charge in [-0.2, -0.15) is 0 Å². The van der Waals surface area contributed by atoms with E-state index in [4.69, 9.17) is 27.9 Å². The molecule has 0 radical (unpaired) electrons. The molecule has 2 aromatic carbocycles. The Morgan fingerprint density at radius 1 is 1.14 bits per heavy atom. The van der Waals surface area contributed by atoms with Gasteiger partial charge in [0.15, 0.2) is 5.17 Å². The lowest BCUT2D eigenvalue weighted by atomic mass is 10.2. The first kappa shape index (κ1) is 20.8. The number of ether oxygens (including phenoxy) is 1. The van der Waals surface area contributed by atoms with Crippen molar-refractivity contribution in [3.8, 4) is 5.75 Å². The van der Waals surface area contributed by atoms with Crippen LogP contribution in [-0.4, -0.2) is 29.1 Å². The Morgan fingerprint density at radius 3 is 2.54 bits per heavy atom. The summed E-state index contributed by atoms with van der Waals surface area (Å²) in [6, 6.07) is 12.9. The summed E-state index contributed by atoms with van der Waals surface area (Å²) >= 11 is 13.5. The molecule has 7 heteroatoms. The number of aliphatic imine (C=N–C) groups is 1. The quantitative estimate of drug-likeness (QED) is 0.532. The van der Waals surface area contributed by atoms with Crippen molar-refractivity contribution in [2.75, 3.05) is 13.1 Å². The Balaban J connectivity index is 1.68. The van der Waals surface area contributed by atoms with Crippen LogP contribution in [0.1, 0.15) is 25.0 Å². The number of benzene rings is 2. The smallest absolute Gasteiger partial charge is 0.266 e. The average molecular weight is 435 g/mol. The second kappa shape index (κ2) is 9.50. The van der Waals surface area contributed by atoms with Gasteiger partial charge in [0, 0.05) is 28.7 Å². The van der Waals surface area contributed by atoms with Gasteiger partial charge in [-0.25, -0.2) is 0 Å². The van der Waals surface area contributed by atoms with Crippen LogP contribution in [0.5, 0.6) is 5.75 Å². The maximum absolute atomic E-state index is 12.5. The van der Waals surface area contributed by atoms with Crippen LogP contribution in [0.4, 0.5) is 0 Å². The summed E-state index contributed by atoms with van der Waals surface area (Å²) in [6.45, 7) is 5.54. The molecule has 4 nitrogen and oxygen atoms in total. The number of nitrogens with zero attached hydrogens (tertiary/aromatic N) is 2. The summed E-state index contributed by atoms with van der Waals surface area (Å²) in [5.41, 5.74) is 1.80. The topological polar surface area (TPSA) is 41.9 Å². The third-order valence-electron chi connectivity index (χ3n) is 4.08. The maximum Gasteiger partial charge on any atom is 0.266 e. The molecule has 146 valence electrons. The van der Waals surface area contributed by atoms with Gasteiger partial charge in [-0.15, -0.1) is 0 Å². The van der Waals surface area contributed by atoms with Crippen molar-refractivity contribution in [3.63, 3.8) is 0 Å². The van der Waals surface area contributed by atoms with Crippen LogP contribution >= 0.6 is 35.0 Å². The van der Waals surface area contributed by atoms with E-state index in [9.17, 15) is 4.79 Å². The van der Waals surface area contributed by atoms with Crippen molar-refractivity contribution in [3.05, 3.63) is 68.5 Å². The minimum Gasteiger partial charge on any atom is -0.489 e. The molecule has 1 heterocycles. The fraction of sp³-hybridized carbons (Fsp3) is 0.238. The van der Waals surface area contributed by atoms with E-state index in [2.05, 4.69) is 4.99 Å². The summed E-state index contributed by atoms with van der Waals surface area (Å²) in [5, 5.41) is 1.94. The van der Waals surface area contributed by atoms with E-state index in [-0.39, 0.29) is 5.91 Å². The molecule has 2 aromatic rings. The van der Waals surface area contributed by atoms with E-state index in [0.717, 1.165) is 22.0 Å². The second-order valence-electron chi connectivity index (χ2n) is 6.01. The fourth-order valence-electron chi connectivity index (χ4n) is 2.65. The molecule has 0 bridgehead atoms. The monoisotopic (exact) mass is 434 g/mol. The van der Waals surface area contributed by atoms with Gasteiger partial charge >= 0.3 is 0 Å². The largest absolute Gasteiger partial charge is 0.489 e. The van der Waals surface area contributed by atoms with Crippen LogP contribution in [0.15, 0.2) is 52.4 Å². The number of thioether (sulfide) groups is 1. The van der Waals surface area contributed by atoms with Crippen molar-refractivity contribution in [1.82, 2.24) is 4.90 Å². The van der Waals surface area contributed by atoms with Crippen molar-refractivity contribution >= 4 is 52.1 Å². The average Bonchev–Trinajstić information content (AvgIpc) is 2.97. The fourth-order valence-corrected chi connectivity index (χ4v) is 4.22. The molecule has 1 aliphatic heterocycles. The molecule has 28 heavy (non-hydrogen) atoms. The predicted molar refractivity (Wildman–Crippen MR) is 118 cm³/mol. The van der Waals surface area contributed by atoms with Gasteiger partial charge in [0.05, 0.1) is 4.91 Å². The molecule has 0 saturated carbocycles. The van der Waals surface area contributed by atoms with Crippen molar-refractivity contribution in [2.24, 2.45) is 4.99 Å². The molecule has 0 N–H and O–H groups in total. The Kier molecular flexibility index (Phi) is 7.05. The summed E-state index contributed by atoms with van der Waals surface area (Å²) < 4.78 is 5.79. The highest BCUT2D eigenvalue weighted by Gasteiger charge is 2.31. The lowest BCUT2D eigenvalue weighted by molar-refractivity contribution is -0.122. The Hall–Kier alpha value is -1.95. The molecule has 1 fully saturated rings. The first-order chi connectivity index (χ1) is 13.5. The molecule has 0 aromatic heterocycles. The maximum atomic E-state index is 12.5. The third kappa shape index (κ3) is 4.90. The van der Waals surface area contributed by atoms with E-state index in [1.165, 1.54) is 11.8 Å². The number of amides is 1. The molecular formula is C21H20Cl2N2O2S. The number of likely N-dealkylation sites (N-methyl/N-ethyl adjacent to an activating group) is 1. The van der Waals surface area contributed by atoms with E-state index < -0.39 is 0 Å². The number of halogens is 2. The highest BCUT2D eigenvalue weighted by Crippen LogP contribution is 2.32. The lowest BCUT2D eigenvalue weighted by Gasteiger charge is -2.11. The van der Waals surface area contributed by atoms with Crippen LogP contribution in [0.3, 0.4) is 0 Å². The Labute approximate surface area is 179 Å². The molecule has 3 rings (SSSR count). The van der Waals surface area contributed by atoms with E-state index in [1.807, 2.05) is 50.3 Å². The van der Waals surface area contributed by atoms with Crippen LogP contribution in [0.2, 0.25) is 10.0 Å². The number of carbonyl (C=O) groups is 1. The molecule has 0 unspecified atom stereocenters. The third-order valence-corrected chi connectivity index (χ3v) is 5.72. The van der Waals surface area contributed by atoms with E-state index in [0.29, 0.717) is 34.6 Å². The van der Waals surface area contributed by atoms with Gasteiger partial charge in [0.1, 0.15) is 12.4 Å². The first-order valence-electron chi connectivity index (χ1n) is 8.94. The van der Waals surface area contributed by atoms with E-state index >= 15 is 0 Å². The van der Waals surface area contributed by atoms with Gasteiger partial charge in [-0.1, -0.05) is 41.4 Å². The van der Waals surface area contributed by atoms with Crippen LogP contribution in [0.25, 0.3) is 6.08 Å². The number of amidine groups is 1. The van der Waals surface area contributed by atoms with Gasteiger partial charge < -0.3 is 4.74 Å². The van der Waals surface area contributed by atoms with Crippen LogP contribution in [0, 0.1) is 0 Å². The number of rotatable bonds is 6. The SMILES string of the molecule is CCN=C1S/C(=C\c2ccc(OCc3ccc(Cl)cc3Cl)cc2)C(=O)N1CC.